The van der Waals surface area contributed by atoms with Crippen molar-refractivity contribution in [1.29, 1.82) is 0 Å². The van der Waals surface area contributed by atoms with E-state index in [1.54, 1.807) is 7.11 Å². The van der Waals surface area contributed by atoms with E-state index < -0.39 is 17.8 Å². The van der Waals surface area contributed by atoms with Gasteiger partial charge in [0.05, 0.1) is 31.1 Å². The van der Waals surface area contributed by atoms with Crippen LogP contribution < -0.4 is 14.8 Å². The van der Waals surface area contributed by atoms with Gasteiger partial charge in [-0.05, 0) is 44.9 Å². The number of nitrogens with one attached hydrogen (secondary N) is 1. The predicted octanol–water partition coefficient (Wildman–Crippen LogP) is 2.38. The summed E-state index contributed by atoms with van der Waals surface area (Å²) in [6.45, 7) is 5.73. The van der Waals surface area contributed by atoms with Gasteiger partial charge in [0.1, 0.15) is 0 Å². The molecule has 2 N–H and O–H groups in total. The SMILES string of the molecule is COc1cc(C(C)NC(=O)C2CC2C(=O)O)ccc1OC(C)C. The van der Waals surface area contributed by atoms with Gasteiger partial charge in [0.2, 0.25) is 5.91 Å². The van der Waals surface area contributed by atoms with E-state index in [1.165, 1.54) is 0 Å². The molecule has 0 spiro atoms. The number of hydrogen-bond acceptors (Lipinski definition) is 4. The Morgan fingerprint density at radius 3 is 2.43 bits per heavy atom. The molecule has 1 aliphatic carbocycles. The summed E-state index contributed by atoms with van der Waals surface area (Å²) in [4.78, 5) is 22.9. The quantitative estimate of drug-likeness (QED) is 0.805. The molecule has 0 bridgehead atoms. The van der Waals surface area contributed by atoms with Gasteiger partial charge >= 0.3 is 5.97 Å². The summed E-state index contributed by atoms with van der Waals surface area (Å²) >= 11 is 0. The van der Waals surface area contributed by atoms with E-state index in [9.17, 15) is 9.59 Å². The molecule has 23 heavy (non-hydrogen) atoms. The number of benzene rings is 1. The average molecular weight is 321 g/mol. The van der Waals surface area contributed by atoms with Gasteiger partial charge in [0.25, 0.3) is 0 Å². The van der Waals surface area contributed by atoms with Gasteiger partial charge in [-0.15, -0.1) is 0 Å². The minimum Gasteiger partial charge on any atom is -0.493 e. The van der Waals surface area contributed by atoms with Crippen LogP contribution in [0.25, 0.3) is 0 Å². The van der Waals surface area contributed by atoms with E-state index in [0.29, 0.717) is 17.9 Å². The molecule has 6 nitrogen and oxygen atoms in total. The van der Waals surface area contributed by atoms with E-state index in [-0.39, 0.29) is 18.1 Å². The summed E-state index contributed by atoms with van der Waals surface area (Å²) in [6, 6.07) is 5.27. The van der Waals surface area contributed by atoms with Crippen molar-refractivity contribution in [3.63, 3.8) is 0 Å². The minimum absolute atomic E-state index is 0.0368. The molecule has 2 rings (SSSR count). The lowest BCUT2D eigenvalue weighted by atomic mass is 10.1. The maximum Gasteiger partial charge on any atom is 0.307 e. The molecule has 3 unspecified atom stereocenters. The third kappa shape index (κ3) is 4.15. The number of carbonyl (C=O) groups is 2. The van der Waals surface area contributed by atoms with Gasteiger partial charge in [0, 0.05) is 0 Å². The minimum atomic E-state index is -0.908. The maximum absolute atomic E-state index is 12.0. The Kier molecular flexibility index (Phi) is 5.13. The van der Waals surface area contributed by atoms with Crippen LogP contribution in [0.15, 0.2) is 18.2 Å². The average Bonchev–Trinajstić information content (AvgIpc) is 3.27. The fourth-order valence-corrected chi connectivity index (χ4v) is 2.47. The van der Waals surface area contributed by atoms with Crippen molar-refractivity contribution in [2.45, 2.75) is 39.3 Å². The molecule has 1 aromatic carbocycles. The zero-order valence-electron chi connectivity index (χ0n) is 13.8. The molecular formula is C17H23NO5. The second kappa shape index (κ2) is 6.89. The Balaban J connectivity index is 2.03. The summed E-state index contributed by atoms with van der Waals surface area (Å²) in [5.41, 5.74) is 0.874. The van der Waals surface area contributed by atoms with Crippen LogP contribution in [0.3, 0.4) is 0 Å². The van der Waals surface area contributed by atoms with Gasteiger partial charge in [-0.1, -0.05) is 6.07 Å². The largest absolute Gasteiger partial charge is 0.493 e. The van der Waals surface area contributed by atoms with Crippen LogP contribution in [0.4, 0.5) is 0 Å². The molecule has 6 heteroatoms. The Labute approximate surface area is 135 Å². The molecule has 1 amide bonds. The molecular weight excluding hydrogens is 298 g/mol. The Morgan fingerprint density at radius 2 is 1.91 bits per heavy atom. The van der Waals surface area contributed by atoms with Crippen LogP contribution in [0.2, 0.25) is 0 Å². The van der Waals surface area contributed by atoms with Crippen LogP contribution in [-0.4, -0.2) is 30.2 Å². The van der Waals surface area contributed by atoms with Gasteiger partial charge in [0.15, 0.2) is 11.5 Å². The topological polar surface area (TPSA) is 84.9 Å². The van der Waals surface area contributed by atoms with E-state index in [0.717, 1.165) is 5.56 Å². The second-order valence-electron chi connectivity index (χ2n) is 6.09. The summed E-state index contributed by atoms with van der Waals surface area (Å²) < 4.78 is 11.0. The van der Waals surface area contributed by atoms with E-state index >= 15 is 0 Å². The zero-order valence-corrected chi connectivity index (χ0v) is 13.8. The highest BCUT2D eigenvalue weighted by molar-refractivity contribution is 5.89. The van der Waals surface area contributed by atoms with Crippen molar-refractivity contribution in [1.82, 2.24) is 5.32 Å². The van der Waals surface area contributed by atoms with Crippen LogP contribution in [0, 0.1) is 11.8 Å². The summed E-state index contributed by atoms with van der Waals surface area (Å²) in [7, 11) is 1.57. The molecule has 0 aliphatic heterocycles. The maximum atomic E-state index is 12.0. The number of amides is 1. The van der Waals surface area contributed by atoms with Gasteiger partial charge in [-0.2, -0.15) is 0 Å². The van der Waals surface area contributed by atoms with Crippen LogP contribution >= 0.6 is 0 Å². The first kappa shape index (κ1) is 17.1. The van der Waals surface area contributed by atoms with Crippen molar-refractivity contribution in [3.8, 4) is 11.5 Å². The smallest absolute Gasteiger partial charge is 0.307 e. The standard InChI is InChI=1S/C17H23NO5/c1-9(2)23-14-6-5-11(7-15(14)22-4)10(3)18-16(19)12-8-13(12)17(20)21/h5-7,9-10,12-13H,8H2,1-4H3,(H,18,19)(H,20,21). The van der Waals surface area contributed by atoms with Crippen molar-refractivity contribution < 1.29 is 24.2 Å². The lowest BCUT2D eigenvalue weighted by Crippen LogP contribution is -2.29. The van der Waals surface area contributed by atoms with Gasteiger partial charge in [-0.25, -0.2) is 0 Å². The van der Waals surface area contributed by atoms with Crippen molar-refractivity contribution in [2.24, 2.45) is 11.8 Å². The first-order chi connectivity index (χ1) is 10.8. The fraction of sp³-hybridized carbons (Fsp3) is 0.529. The molecule has 0 saturated heterocycles. The monoisotopic (exact) mass is 321 g/mol. The number of methoxy groups -OCH3 is 1. The number of rotatable bonds is 7. The molecule has 1 fully saturated rings. The third-order valence-corrected chi connectivity index (χ3v) is 3.85. The molecule has 3 atom stereocenters. The molecule has 0 radical (unpaired) electrons. The van der Waals surface area contributed by atoms with E-state index in [1.807, 2.05) is 39.0 Å². The highest BCUT2D eigenvalue weighted by Gasteiger charge is 2.48. The number of carboxylic acid groups (broad SMARTS) is 1. The molecule has 1 aromatic rings. The van der Waals surface area contributed by atoms with Crippen molar-refractivity contribution >= 4 is 11.9 Å². The van der Waals surface area contributed by atoms with Crippen molar-refractivity contribution in [2.75, 3.05) is 7.11 Å². The normalized spacial score (nSPS) is 20.7. The number of hydrogen-bond donors (Lipinski definition) is 2. The summed E-state index contributed by atoms with van der Waals surface area (Å²) in [5, 5.41) is 11.7. The van der Waals surface area contributed by atoms with E-state index in [2.05, 4.69) is 5.32 Å². The zero-order chi connectivity index (χ0) is 17.1. The van der Waals surface area contributed by atoms with Gasteiger partial charge < -0.3 is 19.9 Å². The number of carboxylic acids is 1. The lowest BCUT2D eigenvalue weighted by molar-refractivity contribution is -0.140. The Bertz CT molecular complexity index is 599. The summed E-state index contributed by atoms with van der Waals surface area (Å²) in [5.74, 6) is -0.829. The molecule has 0 heterocycles. The molecule has 0 aromatic heterocycles. The van der Waals surface area contributed by atoms with Crippen molar-refractivity contribution in [3.05, 3.63) is 23.8 Å². The second-order valence-corrected chi connectivity index (χ2v) is 6.09. The molecule has 1 aliphatic rings. The molecule has 126 valence electrons. The highest BCUT2D eigenvalue weighted by atomic mass is 16.5. The first-order valence-corrected chi connectivity index (χ1v) is 7.71. The Hall–Kier alpha value is -2.24. The summed E-state index contributed by atoms with van der Waals surface area (Å²) in [6.07, 6.45) is 0.452. The van der Waals surface area contributed by atoms with Crippen LogP contribution in [-0.2, 0) is 9.59 Å². The Morgan fingerprint density at radius 1 is 1.22 bits per heavy atom. The third-order valence-electron chi connectivity index (χ3n) is 3.85. The lowest BCUT2D eigenvalue weighted by Gasteiger charge is -2.18. The van der Waals surface area contributed by atoms with E-state index in [4.69, 9.17) is 14.6 Å². The first-order valence-electron chi connectivity index (χ1n) is 7.71. The van der Waals surface area contributed by atoms with Gasteiger partial charge in [-0.3, -0.25) is 9.59 Å². The predicted molar refractivity (Wildman–Crippen MR) is 84.5 cm³/mol. The van der Waals surface area contributed by atoms with Crippen LogP contribution in [0.5, 0.6) is 11.5 Å². The van der Waals surface area contributed by atoms with Crippen LogP contribution in [0.1, 0.15) is 38.8 Å². The fourth-order valence-electron chi connectivity index (χ4n) is 2.47. The molecule has 1 saturated carbocycles. The highest BCUT2D eigenvalue weighted by Crippen LogP contribution is 2.39. The number of aliphatic carboxylic acids is 1. The number of ether oxygens (including phenoxy) is 2. The number of carbonyl (C=O) groups excluding carboxylic acids is 1.